The average Bonchev–Trinajstić information content (AvgIpc) is 2.29. The van der Waals surface area contributed by atoms with Crippen molar-refractivity contribution in [3.8, 4) is 0 Å². The van der Waals surface area contributed by atoms with Crippen molar-refractivity contribution in [2.24, 2.45) is 0 Å². The zero-order chi connectivity index (χ0) is 12.7. The minimum Gasteiger partial charge on any atom is -0.478 e. The van der Waals surface area contributed by atoms with Crippen molar-refractivity contribution < 1.29 is 14.7 Å². The molecular weight excluding hydrogens is 218 g/mol. The van der Waals surface area contributed by atoms with Crippen molar-refractivity contribution in [1.29, 1.82) is 0 Å². The van der Waals surface area contributed by atoms with Gasteiger partial charge in [-0.05, 0) is 18.1 Å². The molecule has 0 fully saturated rings. The number of nitrogens with one attached hydrogen (secondary N) is 1. The van der Waals surface area contributed by atoms with Crippen LogP contribution in [0.15, 0.2) is 36.4 Å². The van der Waals surface area contributed by atoms with E-state index in [2.05, 4.69) is 12.2 Å². The molecule has 0 radical (unpaired) electrons. The fraction of sp³-hybridized carbons (Fsp3) is 0.231. The summed E-state index contributed by atoms with van der Waals surface area (Å²) in [5.74, 6) is -1.57. The van der Waals surface area contributed by atoms with Crippen LogP contribution < -0.4 is 5.32 Å². The molecule has 17 heavy (non-hydrogen) atoms. The SMILES string of the molecule is CCCc1ccccc1NC(=O)/C=C/C(=O)O. The van der Waals surface area contributed by atoms with Gasteiger partial charge in [0, 0.05) is 17.8 Å². The molecule has 0 atom stereocenters. The Balaban J connectivity index is 2.74. The second-order valence-corrected chi connectivity index (χ2v) is 3.57. The molecule has 1 rings (SSSR count). The van der Waals surface area contributed by atoms with Gasteiger partial charge in [-0.1, -0.05) is 31.5 Å². The molecule has 1 aromatic carbocycles. The van der Waals surface area contributed by atoms with Crippen molar-refractivity contribution in [2.75, 3.05) is 5.32 Å². The molecule has 90 valence electrons. The van der Waals surface area contributed by atoms with Gasteiger partial charge >= 0.3 is 5.97 Å². The quantitative estimate of drug-likeness (QED) is 0.766. The fourth-order valence-corrected chi connectivity index (χ4v) is 1.45. The number of carbonyl (C=O) groups is 2. The van der Waals surface area contributed by atoms with E-state index in [1.165, 1.54) is 0 Å². The van der Waals surface area contributed by atoms with Crippen LogP contribution in [0.2, 0.25) is 0 Å². The van der Waals surface area contributed by atoms with Gasteiger partial charge in [-0.15, -0.1) is 0 Å². The smallest absolute Gasteiger partial charge is 0.328 e. The van der Waals surface area contributed by atoms with Crippen LogP contribution in [0.4, 0.5) is 5.69 Å². The van der Waals surface area contributed by atoms with Crippen LogP contribution in [0.3, 0.4) is 0 Å². The average molecular weight is 233 g/mol. The molecule has 0 aliphatic rings. The van der Waals surface area contributed by atoms with Gasteiger partial charge in [0.2, 0.25) is 5.91 Å². The van der Waals surface area contributed by atoms with Crippen LogP contribution in [0.25, 0.3) is 0 Å². The number of aryl methyl sites for hydroxylation is 1. The van der Waals surface area contributed by atoms with Crippen molar-refractivity contribution in [3.63, 3.8) is 0 Å². The second kappa shape index (κ2) is 6.48. The Bertz CT molecular complexity index is 438. The summed E-state index contributed by atoms with van der Waals surface area (Å²) in [6.07, 6.45) is 3.68. The minimum absolute atomic E-state index is 0.434. The molecule has 0 unspecified atom stereocenters. The lowest BCUT2D eigenvalue weighted by Crippen LogP contribution is -2.10. The van der Waals surface area contributed by atoms with Crippen molar-refractivity contribution in [2.45, 2.75) is 19.8 Å². The molecule has 0 aromatic heterocycles. The number of rotatable bonds is 5. The number of hydrogen-bond acceptors (Lipinski definition) is 2. The van der Waals surface area contributed by atoms with E-state index in [9.17, 15) is 9.59 Å². The first-order chi connectivity index (χ1) is 8.13. The monoisotopic (exact) mass is 233 g/mol. The van der Waals surface area contributed by atoms with Crippen molar-refractivity contribution in [1.82, 2.24) is 0 Å². The van der Waals surface area contributed by atoms with E-state index in [1.807, 2.05) is 18.2 Å². The van der Waals surface area contributed by atoms with E-state index in [0.29, 0.717) is 0 Å². The highest BCUT2D eigenvalue weighted by Gasteiger charge is 2.03. The van der Waals surface area contributed by atoms with Gasteiger partial charge < -0.3 is 10.4 Å². The summed E-state index contributed by atoms with van der Waals surface area (Å²) in [5.41, 5.74) is 1.78. The van der Waals surface area contributed by atoms with Gasteiger partial charge in [0.25, 0.3) is 0 Å². The highest BCUT2D eigenvalue weighted by Crippen LogP contribution is 2.16. The summed E-state index contributed by atoms with van der Waals surface area (Å²) < 4.78 is 0. The third-order valence-corrected chi connectivity index (χ3v) is 2.17. The van der Waals surface area contributed by atoms with E-state index in [-0.39, 0.29) is 0 Å². The number of anilines is 1. The first-order valence-electron chi connectivity index (χ1n) is 5.43. The van der Waals surface area contributed by atoms with Gasteiger partial charge in [-0.2, -0.15) is 0 Å². The Morgan fingerprint density at radius 3 is 2.65 bits per heavy atom. The van der Waals surface area contributed by atoms with Crippen molar-refractivity contribution in [3.05, 3.63) is 42.0 Å². The van der Waals surface area contributed by atoms with E-state index in [1.54, 1.807) is 6.07 Å². The number of amides is 1. The Morgan fingerprint density at radius 1 is 1.29 bits per heavy atom. The number of carboxylic acids is 1. The number of carbonyl (C=O) groups excluding carboxylic acids is 1. The summed E-state index contributed by atoms with van der Waals surface area (Å²) in [6.45, 7) is 2.06. The Labute approximate surface area is 100.0 Å². The lowest BCUT2D eigenvalue weighted by atomic mass is 10.1. The Hall–Kier alpha value is -2.10. The third kappa shape index (κ3) is 4.51. The molecule has 4 nitrogen and oxygen atoms in total. The first-order valence-corrected chi connectivity index (χ1v) is 5.43. The maximum Gasteiger partial charge on any atom is 0.328 e. The first kappa shape index (κ1) is 13.0. The van der Waals surface area contributed by atoms with E-state index < -0.39 is 11.9 Å². The maximum atomic E-state index is 11.4. The van der Waals surface area contributed by atoms with E-state index >= 15 is 0 Å². The zero-order valence-corrected chi connectivity index (χ0v) is 9.64. The van der Waals surface area contributed by atoms with Gasteiger partial charge in [-0.3, -0.25) is 4.79 Å². The predicted octanol–water partition coefficient (Wildman–Crippen LogP) is 2.22. The highest BCUT2D eigenvalue weighted by molar-refractivity contribution is 6.02. The van der Waals surface area contributed by atoms with Crippen LogP contribution in [0, 0.1) is 0 Å². The molecule has 0 saturated heterocycles. The van der Waals surface area contributed by atoms with Crippen LogP contribution in [-0.4, -0.2) is 17.0 Å². The number of hydrogen-bond donors (Lipinski definition) is 2. The molecule has 0 heterocycles. The molecule has 2 N–H and O–H groups in total. The number of para-hydroxylation sites is 1. The standard InChI is InChI=1S/C13H15NO3/c1-2-5-10-6-3-4-7-11(10)14-12(15)8-9-13(16)17/h3-4,6-9H,2,5H2,1H3,(H,14,15)(H,16,17)/b9-8+. The molecule has 4 heteroatoms. The number of carboxylic acid groups (broad SMARTS) is 1. The lowest BCUT2D eigenvalue weighted by Gasteiger charge is -2.08. The zero-order valence-electron chi connectivity index (χ0n) is 9.64. The number of benzene rings is 1. The minimum atomic E-state index is -1.14. The molecule has 0 spiro atoms. The summed E-state index contributed by atoms with van der Waals surface area (Å²) in [4.78, 5) is 21.7. The fourth-order valence-electron chi connectivity index (χ4n) is 1.45. The van der Waals surface area contributed by atoms with Crippen LogP contribution in [-0.2, 0) is 16.0 Å². The molecule has 0 saturated carbocycles. The van der Waals surface area contributed by atoms with Gasteiger partial charge in [0.1, 0.15) is 0 Å². The Kier molecular flexibility index (Phi) is 4.94. The second-order valence-electron chi connectivity index (χ2n) is 3.57. The maximum absolute atomic E-state index is 11.4. The topological polar surface area (TPSA) is 66.4 Å². The summed E-state index contributed by atoms with van der Waals surface area (Å²) >= 11 is 0. The van der Waals surface area contributed by atoms with E-state index in [4.69, 9.17) is 5.11 Å². The van der Waals surface area contributed by atoms with Crippen LogP contribution >= 0.6 is 0 Å². The van der Waals surface area contributed by atoms with Crippen LogP contribution in [0.5, 0.6) is 0 Å². The molecule has 0 aliphatic carbocycles. The van der Waals surface area contributed by atoms with Gasteiger partial charge in [0.05, 0.1) is 0 Å². The van der Waals surface area contributed by atoms with Gasteiger partial charge in [0.15, 0.2) is 0 Å². The number of aliphatic carboxylic acids is 1. The lowest BCUT2D eigenvalue weighted by molar-refractivity contribution is -0.131. The molecule has 1 amide bonds. The molecule has 0 aliphatic heterocycles. The summed E-state index contributed by atoms with van der Waals surface area (Å²) in [6, 6.07) is 7.49. The normalized spacial score (nSPS) is 10.4. The largest absolute Gasteiger partial charge is 0.478 e. The van der Waals surface area contributed by atoms with Gasteiger partial charge in [-0.25, -0.2) is 4.79 Å². The summed E-state index contributed by atoms with van der Waals surface area (Å²) in [7, 11) is 0. The molecular formula is C13H15NO3. The predicted molar refractivity (Wildman–Crippen MR) is 65.8 cm³/mol. The summed E-state index contributed by atoms with van der Waals surface area (Å²) in [5, 5.41) is 11.1. The molecule has 0 bridgehead atoms. The Morgan fingerprint density at radius 2 is 2.00 bits per heavy atom. The van der Waals surface area contributed by atoms with E-state index in [0.717, 1.165) is 36.2 Å². The molecule has 1 aromatic rings. The van der Waals surface area contributed by atoms with Crippen LogP contribution in [0.1, 0.15) is 18.9 Å². The highest BCUT2D eigenvalue weighted by atomic mass is 16.4. The third-order valence-electron chi connectivity index (χ3n) is 2.17. The van der Waals surface area contributed by atoms with Crippen molar-refractivity contribution >= 4 is 17.6 Å².